The third kappa shape index (κ3) is 2.47. The third-order valence-electron chi connectivity index (χ3n) is 1.50. The Hall–Kier alpha value is -0.590. The number of hydrogen-bond acceptors (Lipinski definition) is 2. The second-order valence-corrected chi connectivity index (χ2v) is 3.21. The molecule has 0 aliphatic rings. The average molecular weight is 184 g/mol. The molecule has 0 bridgehead atoms. The average Bonchev–Trinajstić information content (AvgIpc) is 2.03. The first-order chi connectivity index (χ1) is 5.74. The molecule has 0 saturated carbocycles. The molecule has 0 aliphatic heterocycles. The van der Waals surface area contributed by atoms with Crippen LogP contribution in [0.2, 0.25) is 0 Å². The van der Waals surface area contributed by atoms with Crippen LogP contribution >= 0.6 is 9.24 Å². The van der Waals surface area contributed by atoms with Crippen molar-refractivity contribution in [1.29, 1.82) is 0 Å². The summed E-state index contributed by atoms with van der Waals surface area (Å²) in [6.07, 6.45) is 0. The van der Waals surface area contributed by atoms with Gasteiger partial charge in [-0.25, -0.2) is 0 Å². The zero-order chi connectivity index (χ0) is 8.97. The highest BCUT2D eigenvalue weighted by Gasteiger charge is 1.97. The number of methoxy groups -OCH3 is 1. The van der Waals surface area contributed by atoms with Crippen molar-refractivity contribution in [2.75, 3.05) is 13.9 Å². The maximum absolute atomic E-state index is 5.30. The van der Waals surface area contributed by atoms with Crippen LogP contribution in [0.5, 0.6) is 5.75 Å². The monoisotopic (exact) mass is 184 g/mol. The number of hydrogen-bond donors (Lipinski definition) is 0. The predicted molar refractivity (Wildman–Crippen MR) is 53.0 cm³/mol. The minimum Gasteiger partial charge on any atom is -0.467 e. The summed E-state index contributed by atoms with van der Waals surface area (Å²) < 4.78 is 10.1. The summed E-state index contributed by atoms with van der Waals surface area (Å²) in [7, 11) is 4.24. The first-order valence-electron chi connectivity index (χ1n) is 3.72. The van der Waals surface area contributed by atoms with Crippen molar-refractivity contribution in [1.82, 2.24) is 0 Å². The summed E-state index contributed by atoms with van der Waals surface area (Å²) >= 11 is 0. The van der Waals surface area contributed by atoms with E-state index in [4.69, 9.17) is 9.47 Å². The number of rotatable bonds is 3. The fourth-order valence-electron chi connectivity index (χ4n) is 0.922. The maximum Gasteiger partial charge on any atom is 0.188 e. The van der Waals surface area contributed by atoms with Crippen LogP contribution in [0.1, 0.15) is 5.56 Å². The van der Waals surface area contributed by atoms with Gasteiger partial charge in [-0.05, 0) is 19.1 Å². The Morgan fingerprint density at radius 1 is 1.42 bits per heavy atom. The number of benzene rings is 1. The fourth-order valence-corrected chi connectivity index (χ4v) is 1.36. The van der Waals surface area contributed by atoms with Crippen molar-refractivity contribution in [3.63, 3.8) is 0 Å². The molecule has 12 heavy (non-hydrogen) atoms. The van der Waals surface area contributed by atoms with E-state index in [1.165, 1.54) is 5.56 Å². The summed E-state index contributed by atoms with van der Waals surface area (Å²) in [4.78, 5) is 0. The lowest BCUT2D eigenvalue weighted by Crippen LogP contribution is -2.05. The van der Waals surface area contributed by atoms with Crippen molar-refractivity contribution in [2.24, 2.45) is 0 Å². The summed E-state index contributed by atoms with van der Waals surface area (Å²) in [6, 6.07) is 6.00. The smallest absolute Gasteiger partial charge is 0.188 e. The van der Waals surface area contributed by atoms with Crippen LogP contribution in [0.25, 0.3) is 0 Å². The summed E-state index contributed by atoms with van der Waals surface area (Å²) in [5.74, 6) is 0.854. The van der Waals surface area contributed by atoms with Crippen molar-refractivity contribution in [2.45, 2.75) is 6.92 Å². The van der Waals surface area contributed by atoms with Gasteiger partial charge in [-0.1, -0.05) is 11.6 Å². The lowest BCUT2D eigenvalue weighted by Gasteiger charge is -2.07. The Bertz CT molecular complexity index is 261. The molecule has 0 fully saturated rings. The van der Waals surface area contributed by atoms with Crippen LogP contribution in [0.3, 0.4) is 0 Å². The number of aryl methyl sites for hydroxylation is 1. The van der Waals surface area contributed by atoms with Gasteiger partial charge in [-0.2, -0.15) is 0 Å². The van der Waals surface area contributed by atoms with E-state index in [-0.39, 0.29) is 0 Å². The van der Waals surface area contributed by atoms with E-state index < -0.39 is 0 Å². The zero-order valence-corrected chi connectivity index (χ0v) is 8.49. The lowest BCUT2D eigenvalue weighted by atomic mass is 10.2. The van der Waals surface area contributed by atoms with Crippen LogP contribution in [0.4, 0.5) is 0 Å². The van der Waals surface area contributed by atoms with Gasteiger partial charge in [0, 0.05) is 12.4 Å². The molecule has 0 N–H and O–H groups in total. The van der Waals surface area contributed by atoms with Gasteiger partial charge in [0.05, 0.1) is 0 Å². The Labute approximate surface area is 75.1 Å². The first kappa shape index (κ1) is 9.50. The highest BCUT2D eigenvalue weighted by atomic mass is 31.0. The fraction of sp³-hybridized carbons (Fsp3) is 0.333. The van der Waals surface area contributed by atoms with Gasteiger partial charge in [0.25, 0.3) is 0 Å². The lowest BCUT2D eigenvalue weighted by molar-refractivity contribution is 0.0519. The molecule has 0 saturated heterocycles. The van der Waals surface area contributed by atoms with Gasteiger partial charge < -0.3 is 9.47 Å². The van der Waals surface area contributed by atoms with Crippen molar-refractivity contribution < 1.29 is 9.47 Å². The standard InChI is InChI=1S/C9H13O2P/c1-7-3-4-8(9(12)5-7)11-6-10-2/h3-5H,6,12H2,1-2H3. The topological polar surface area (TPSA) is 18.5 Å². The van der Waals surface area contributed by atoms with Gasteiger partial charge in [-0.3, -0.25) is 0 Å². The minimum atomic E-state index is 0.296. The van der Waals surface area contributed by atoms with E-state index in [0.29, 0.717) is 6.79 Å². The summed E-state index contributed by atoms with van der Waals surface area (Å²) in [5, 5.41) is 1.06. The SMILES string of the molecule is COCOc1ccc(C)cc1P. The molecular weight excluding hydrogens is 171 g/mol. The van der Waals surface area contributed by atoms with E-state index in [1.54, 1.807) is 7.11 Å². The first-order valence-corrected chi connectivity index (χ1v) is 4.29. The molecule has 1 aromatic rings. The highest BCUT2D eigenvalue weighted by Crippen LogP contribution is 2.12. The molecule has 2 nitrogen and oxygen atoms in total. The molecule has 1 rings (SSSR count). The Morgan fingerprint density at radius 3 is 2.75 bits per heavy atom. The molecular formula is C9H13O2P. The number of ether oxygens (including phenoxy) is 2. The van der Waals surface area contributed by atoms with Gasteiger partial charge in [0.15, 0.2) is 6.79 Å². The van der Waals surface area contributed by atoms with Crippen LogP contribution in [0, 0.1) is 6.92 Å². The van der Waals surface area contributed by atoms with E-state index in [1.807, 2.05) is 19.1 Å². The summed E-state index contributed by atoms with van der Waals surface area (Å²) in [5.41, 5.74) is 1.23. The highest BCUT2D eigenvalue weighted by molar-refractivity contribution is 7.27. The Balaban J connectivity index is 2.72. The Kier molecular flexibility index (Phi) is 3.51. The molecule has 66 valence electrons. The Morgan fingerprint density at radius 2 is 2.17 bits per heavy atom. The quantitative estimate of drug-likeness (QED) is 0.523. The zero-order valence-electron chi connectivity index (χ0n) is 7.33. The predicted octanol–water partition coefficient (Wildman–Crippen LogP) is 1.48. The van der Waals surface area contributed by atoms with Crippen LogP contribution < -0.4 is 10.0 Å². The van der Waals surface area contributed by atoms with E-state index in [0.717, 1.165) is 11.1 Å². The molecule has 1 aromatic carbocycles. The largest absolute Gasteiger partial charge is 0.467 e. The van der Waals surface area contributed by atoms with Gasteiger partial charge in [0.2, 0.25) is 0 Å². The minimum absolute atomic E-state index is 0.296. The molecule has 0 heterocycles. The maximum atomic E-state index is 5.30. The second kappa shape index (κ2) is 4.44. The van der Waals surface area contributed by atoms with Crippen LogP contribution in [0.15, 0.2) is 18.2 Å². The molecule has 3 heteroatoms. The van der Waals surface area contributed by atoms with Crippen LogP contribution in [-0.2, 0) is 4.74 Å². The van der Waals surface area contributed by atoms with Crippen molar-refractivity contribution >= 4 is 14.5 Å². The van der Waals surface area contributed by atoms with E-state index >= 15 is 0 Å². The van der Waals surface area contributed by atoms with Crippen molar-refractivity contribution in [3.8, 4) is 5.75 Å². The second-order valence-electron chi connectivity index (χ2n) is 2.59. The van der Waals surface area contributed by atoms with Gasteiger partial charge in [0.1, 0.15) is 5.75 Å². The van der Waals surface area contributed by atoms with E-state index in [2.05, 4.69) is 15.3 Å². The van der Waals surface area contributed by atoms with Gasteiger partial charge in [-0.15, -0.1) is 9.24 Å². The van der Waals surface area contributed by atoms with Crippen molar-refractivity contribution in [3.05, 3.63) is 23.8 Å². The molecule has 0 radical (unpaired) electrons. The molecule has 0 aromatic heterocycles. The molecule has 0 amide bonds. The van der Waals surface area contributed by atoms with Gasteiger partial charge >= 0.3 is 0 Å². The van der Waals surface area contributed by atoms with E-state index in [9.17, 15) is 0 Å². The molecule has 1 atom stereocenters. The summed E-state index contributed by atoms with van der Waals surface area (Å²) in [6.45, 7) is 2.35. The molecule has 1 unspecified atom stereocenters. The molecule has 0 aliphatic carbocycles. The third-order valence-corrected chi connectivity index (χ3v) is 1.95. The molecule has 0 spiro atoms. The normalized spacial score (nSPS) is 9.92. The van der Waals surface area contributed by atoms with Crippen LogP contribution in [-0.4, -0.2) is 13.9 Å².